The number of nitrogens with two attached hydrogens (primary N) is 1. The van der Waals surface area contributed by atoms with Crippen LogP contribution in [0.1, 0.15) is 20.3 Å². The minimum Gasteiger partial charge on any atom is -0.481 e. The summed E-state index contributed by atoms with van der Waals surface area (Å²) in [7, 11) is 2.94. The lowest BCUT2D eigenvalue weighted by atomic mass is 10.00. The molecule has 7 heteroatoms. The van der Waals surface area contributed by atoms with Crippen molar-refractivity contribution >= 4 is 11.9 Å². The molecule has 0 saturated heterocycles. The molecule has 0 aromatic carbocycles. The SMILES string of the molecule is CCC(C)[C@H](N)C(=O)Nc1nc(OC)cc(OC)n1. The first-order valence-electron chi connectivity index (χ1n) is 6.05. The molecule has 19 heavy (non-hydrogen) atoms. The van der Waals surface area contributed by atoms with Crippen LogP contribution in [-0.4, -0.2) is 36.1 Å². The summed E-state index contributed by atoms with van der Waals surface area (Å²) in [6.07, 6.45) is 0.816. The summed E-state index contributed by atoms with van der Waals surface area (Å²) in [5, 5.41) is 2.56. The third kappa shape index (κ3) is 4.06. The second-order valence-electron chi connectivity index (χ2n) is 4.18. The maximum absolute atomic E-state index is 11.9. The molecule has 1 unspecified atom stereocenters. The van der Waals surface area contributed by atoms with Gasteiger partial charge in [-0.25, -0.2) is 0 Å². The van der Waals surface area contributed by atoms with Crippen molar-refractivity contribution in [2.45, 2.75) is 26.3 Å². The van der Waals surface area contributed by atoms with Gasteiger partial charge in [0.2, 0.25) is 23.6 Å². The zero-order valence-electron chi connectivity index (χ0n) is 11.6. The van der Waals surface area contributed by atoms with Crippen molar-refractivity contribution in [2.24, 2.45) is 11.7 Å². The molecule has 3 N–H and O–H groups in total. The van der Waals surface area contributed by atoms with Crippen molar-refractivity contribution in [1.82, 2.24) is 9.97 Å². The van der Waals surface area contributed by atoms with Gasteiger partial charge < -0.3 is 15.2 Å². The highest BCUT2D eigenvalue weighted by Gasteiger charge is 2.20. The third-order valence-corrected chi connectivity index (χ3v) is 2.89. The number of methoxy groups -OCH3 is 2. The predicted octanol–water partition coefficient (Wildman–Crippen LogP) is 0.806. The molecule has 0 aliphatic carbocycles. The Hall–Kier alpha value is -1.89. The van der Waals surface area contributed by atoms with Gasteiger partial charge in [-0.2, -0.15) is 9.97 Å². The standard InChI is InChI=1S/C12H20N4O3/c1-5-7(2)10(13)11(17)16-12-14-8(18-3)6-9(15-12)19-4/h6-7,10H,5,13H2,1-4H3,(H,14,15,16,17)/t7?,10-/m0/s1. The van der Waals surface area contributed by atoms with Crippen LogP contribution >= 0.6 is 0 Å². The normalized spacial score (nSPS) is 13.5. The van der Waals surface area contributed by atoms with Gasteiger partial charge in [0.15, 0.2) is 0 Å². The number of aromatic nitrogens is 2. The van der Waals surface area contributed by atoms with Crippen LogP contribution in [0.25, 0.3) is 0 Å². The fourth-order valence-corrected chi connectivity index (χ4v) is 1.37. The fraction of sp³-hybridized carbons (Fsp3) is 0.583. The maximum Gasteiger partial charge on any atom is 0.243 e. The van der Waals surface area contributed by atoms with E-state index in [9.17, 15) is 4.79 Å². The Morgan fingerprint density at radius 1 is 1.37 bits per heavy atom. The van der Waals surface area contributed by atoms with Crippen molar-refractivity contribution in [3.05, 3.63) is 6.07 Å². The molecular weight excluding hydrogens is 248 g/mol. The minimum absolute atomic E-state index is 0.0764. The summed E-state index contributed by atoms with van der Waals surface area (Å²) >= 11 is 0. The first kappa shape index (κ1) is 15.2. The number of amides is 1. The van der Waals surface area contributed by atoms with Crippen molar-refractivity contribution in [3.8, 4) is 11.8 Å². The summed E-state index contributed by atoms with van der Waals surface area (Å²) in [4.78, 5) is 19.9. The second kappa shape index (κ2) is 6.89. The first-order valence-corrected chi connectivity index (χ1v) is 6.05. The van der Waals surface area contributed by atoms with Crippen LogP contribution in [0.3, 0.4) is 0 Å². The average molecular weight is 268 g/mol. The molecule has 0 saturated carbocycles. The molecule has 2 atom stereocenters. The largest absolute Gasteiger partial charge is 0.481 e. The fourth-order valence-electron chi connectivity index (χ4n) is 1.37. The van der Waals surface area contributed by atoms with E-state index in [4.69, 9.17) is 15.2 Å². The van der Waals surface area contributed by atoms with Crippen LogP contribution in [0.2, 0.25) is 0 Å². The van der Waals surface area contributed by atoms with Crippen molar-refractivity contribution in [2.75, 3.05) is 19.5 Å². The number of hydrogen-bond donors (Lipinski definition) is 2. The topological polar surface area (TPSA) is 99.4 Å². The molecule has 7 nitrogen and oxygen atoms in total. The molecule has 1 rings (SSSR count). The Kier molecular flexibility index (Phi) is 5.50. The lowest BCUT2D eigenvalue weighted by Gasteiger charge is -2.17. The van der Waals surface area contributed by atoms with Gasteiger partial charge in [-0.05, 0) is 5.92 Å². The molecule has 0 radical (unpaired) electrons. The lowest BCUT2D eigenvalue weighted by Crippen LogP contribution is -2.41. The summed E-state index contributed by atoms with van der Waals surface area (Å²) < 4.78 is 9.99. The molecular formula is C12H20N4O3. The van der Waals surface area contributed by atoms with Crippen LogP contribution in [0.15, 0.2) is 6.07 Å². The van der Waals surface area contributed by atoms with Crippen molar-refractivity contribution in [3.63, 3.8) is 0 Å². The number of carbonyl (C=O) groups excluding carboxylic acids is 1. The van der Waals surface area contributed by atoms with Gasteiger partial charge in [0.05, 0.1) is 26.3 Å². The summed E-state index contributed by atoms with van der Waals surface area (Å²) in [5.74, 6) is 0.468. The van der Waals surface area contributed by atoms with Gasteiger partial charge in [0.1, 0.15) is 0 Å². The Bertz CT molecular complexity index is 417. The van der Waals surface area contributed by atoms with E-state index in [1.165, 1.54) is 20.3 Å². The number of ether oxygens (including phenoxy) is 2. The summed E-state index contributed by atoms with van der Waals surface area (Å²) in [6.45, 7) is 3.89. The van der Waals surface area contributed by atoms with E-state index in [2.05, 4.69) is 15.3 Å². The molecule has 0 spiro atoms. The van der Waals surface area contributed by atoms with Gasteiger partial charge in [0, 0.05) is 0 Å². The van der Waals surface area contributed by atoms with Crippen LogP contribution in [-0.2, 0) is 4.79 Å². The number of hydrogen-bond acceptors (Lipinski definition) is 6. The Morgan fingerprint density at radius 3 is 2.32 bits per heavy atom. The number of nitrogens with zero attached hydrogens (tertiary/aromatic N) is 2. The monoisotopic (exact) mass is 268 g/mol. The highest BCUT2D eigenvalue weighted by atomic mass is 16.5. The number of anilines is 1. The van der Waals surface area contributed by atoms with E-state index in [-0.39, 0.29) is 17.8 Å². The molecule has 1 aromatic rings. The molecule has 0 fully saturated rings. The average Bonchev–Trinajstić information content (AvgIpc) is 2.44. The molecule has 1 aromatic heterocycles. The van der Waals surface area contributed by atoms with Gasteiger partial charge in [-0.1, -0.05) is 20.3 Å². The lowest BCUT2D eigenvalue weighted by molar-refractivity contribution is -0.118. The molecule has 1 heterocycles. The summed E-state index contributed by atoms with van der Waals surface area (Å²) in [5.41, 5.74) is 5.83. The van der Waals surface area contributed by atoms with Crippen molar-refractivity contribution < 1.29 is 14.3 Å². The van der Waals surface area contributed by atoms with Crippen LogP contribution < -0.4 is 20.5 Å². The minimum atomic E-state index is -0.606. The number of nitrogens with one attached hydrogen (secondary N) is 1. The molecule has 0 aliphatic heterocycles. The van der Waals surface area contributed by atoms with Crippen molar-refractivity contribution in [1.29, 1.82) is 0 Å². The maximum atomic E-state index is 11.9. The van der Waals surface area contributed by atoms with E-state index in [1.54, 1.807) is 0 Å². The van der Waals surface area contributed by atoms with Gasteiger partial charge in [-0.3, -0.25) is 10.1 Å². The number of rotatable bonds is 6. The highest BCUT2D eigenvalue weighted by Crippen LogP contribution is 2.17. The number of carbonyl (C=O) groups is 1. The third-order valence-electron chi connectivity index (χ3n) is 2.89. The zero-order valence-corrected chi connectivity index (χ0v) is 11.6. The molecule has 0 bridgehead atoms. The Morgan fingerprint density at radius 2 is 1.89 bits per heavy atom. The van der Waals surface area contributed by atoms with E-state index >= 15 is 0 Å². The van der Waals surface area contributed by atoms with E-state index < -0.39 is 6.04 Å². The smallest absolute Gasteiger partial charge is 0.243 e. The van der Waals surface area contributed by atoms with E-state index in [1.807, 2.05) is 13.8 Å². The summed E-state index contributed by atoms with van der Waals surface area (Å²) in [6, 6.07) is 0.912. The molecule has 106 valence electrons. The molecule has 0 aliphatic rings. The Labute approximate surface area is 112 Å². The predicted molar refractivity (Wildman–Crippen MR) is 71.2 cm³/mol. The first-order chi connectivity index (χ1) is 9.01. The Balaban J connectivity index is 2.84. The highest BCUT2D eigenvalue weighted by molar-refractivity contribution is 5.93. The van der Waals surface area contributed by atoms with E-state index in [0.29, 0.717) is 11.8 Å². The second-order valence-corrected chi connectivity index (χ2v) is 4.18. The quantitative estimate of drug-likeness (QED) is 0.792. The molecule has 1 amide bonds. The van der Waals surface area contributed by atoms with Gasteiger partial charge >= 0.3 is 0 Å². The van der Waals surface area contributed by atoms with Gasteiger partial charge in [-0.15, -0.1) is 0 Å². The van der Waals surface area contributed by atoms with Crippen LogP contribution in [0.4, 0.5) is 5.95 Å². The van der Waals surface area contributed by atoms with Gasteiger partial charge in [0.25, 0.3) is 0 Å². The van der Waals surface area contributed by atoms with Crippen LogP contribution in [0, 0.1) is 5.92 Å². The van der Waals surface area contributed by atoms with E-state index in [0.717, 1.165) is 6.42 Å². The zero-order chi connectivity index (χ0) is 14.4. The van der Waals surface area contributed by atoms with Crippen LogP contribution in [0.5, 0.6) is 11.8 Å².